The zero-order valence-corrected chi connectivity index (χ0v) is 10.4. The highest BCUT2D eigenvalue weighted by atomic mass is 14.4. The SMILES string of the molecule is CBC1(C)CCCCC2C=CC(C)=CC21. The molecule has 0 aromatic heterocycles. The third kappa shape index (κ3) is 2.07. The molecule has 0 aromatic carbocycles. The summed E-state index contributed by atoms with van der Waals surface area (Å²) in [4.78, 5) is 0. The summed E-state index contributed by atoms with van der Waals surface area (Å²) in [5, 5.41) is 0.549. The van der Waals surface area contributed by atoms with Crippen LogP contribution in [-0.2, 0) is 0 Å². The molecule has 0 heterocycles. The molecule has 0 radical (unpaired) electrons. The maximum absolute atomic E-state index is 2.54. The molecule has 1 heteroatoms. The predicted molar refractivity (Wildman–Crippen MR) is 69.7 cm³/mol. The Kier molecular flexibility index (Phi) is 3.09. The van der Waals surface area contributed by atoms with E-state index in [0.717, 1.165) is 11.8 Å². The van der Waals surface area contributed by atoms with E-state index in [1.165, 1.54) is 38.5 Å². The standard InChI is InChI=1S/C14H23B/c1-11-7-8-12-6-4-5-9-14(2,15-3)13(12)10-11/h7-8,10,12-13,15H,4-6,9H2,1-3H3. The summed E-state index contributed by atoms with van der Waals surface area (Å²) < 4.78 is 0. The smallest absolute Gasteiger partial charge is 0.0888 e. The molecule has 0 aromatic rings. The molecule has 3 unspecified atom stereocenters. The van der Waals surface area contributed by atoms with Gasteiger partial charge >= 0.3 is 0 Å². The first-order valence-electron chi connectivity index (χ1n) is 6.52. The number of allylic oxidation sites excluding steroid dienone is 4. The van der Waals surface area contributed by atoms with Gasteiger partial charge in [0.25, 0.3) is 0 Å². The van der Waals surface area contributed by atoms with Crippen LogP contribution in [-0.4, -0.2) is 7.28 Å². The molecule has 0 spiro atoms. The Bertz CT molecular complexity index is 290. The van der Waals surface area contributed by atoms with Crippen molar-refractivity contribution in [2.45, 2.75) is 51.7 Å². The molecule has 0 amide bonds. The van der Waals surface area contributed by atoms with Crippen molar-refractivity contribution >= 4 is 7.28 Å². The van der Waals surface area contributed by atoms with E-state index in [2.05, 4.69) is 38.9 Å². The van der Waals surface area contributed by atoms with Gasteiger partial charge in [-0.3, -0.25) is 0 Å². The quantitative estimate of drug-likeness (QED) is 0.564. The summed E-state index contributed by atoms with van der Waals surface area (Å²) in [5.41, 5.74) is 1.47. The lowest BCUT2D eigenvalue weighted by Crippen LogP contribution is -2.29. The van der Waals surface area contributed by atoms with Gasteiger partial charge in [0.05, 0.1) is 0 Å². The van der Waals surface area contributed by atoms with E-state index in [4.69, 9.17) is 0 Å². The second-order valence-corrected chi connectivity index (χ2v) is 5.71. The molecule has 15 heavy (non-hydrogen) atoms. The Hall–Kier alpha value is -0.455. The second-order valence-electron chi connectivity index (χ2n) is 5.71. The molecule has 0 saturated heterocycles. The van der Waals surface area contributed by atoms with Gasteiger partial charge in [-0.15, -0.1) is 0 Å². The minimum absolute atomic E-state index is 0.549. The van der Waals surface area contributed by atoms with Crippen LogP contribution >= 0.6 is 0 Å². The predicted octanol–water partition coefficient (Wildman–Crippen LogP) is 3.97. The fraction of sp³-hybridized carbons (Fsp3) is 0.714. The van der Waals surface area contributed by atoms with Crippen LogP contribution in [0.5, 0.6) is 0 Å². The van der Waals surface area contributed by atoms with Crippen molar-refractivity contribution in [2.24, 2.45) is 11.8 Å². The van der Waals surface area contributed by atoms with Crippen LogP contribution in [0.2, 0.25) is 12.1 Å². The molecule has 1 saturated carbocycles. The van der Waals surface area contributed by atoms with Crippen LogP contribution < -0.4 is 0 Å². The van der Waals surface area contributed by atoms with E-state index < -0.39 is 0 Å². The van der Waals surface area contributed by atoms with Gasteiger partial charge in [-0.05, 0) is 25.2 Å². The Balaban J connectivity index is 2.29. The van der Waals surface area contributed by atoms with Crippen LogP contribution in [0.25, 0.3) is 0 Å². The first-order chi connectivity index (χ1) is 7.15. The van der Waals surface area contributed by atoms with Gasteiger partial charge in [0.2, 0.25) is 0 Å². The summed E-state index contributed by atoms with van der Waals surface area (Å²) in [7, 11) is 1.33. The number of rotatable bonds is 1. The summed E-state index contributed by atoms with van der Waals surface area (Å²) in [5.74, 6) is 1.62. The maximum Gasteiger partial charge on any atom is 0.125 e. The van der Waals surface area contributed by atoms with Gasteiger partial charge in [-0.2, -0.15) is 0 Å². The monoisotopic (exact) mass is 202 g/mol. The van der Waals surface area contributed by atoms with E-state index in [9.17, 15) is 0 Å². The zero-order valence-electron chi connectivity index (χ0n) is 10.4. The summed E-state index contributed by atoms with van der Waals surface area (Å²) >= 11 is 0. The lowest BCUT2D eigenvalue weighted by molar-refractivity contribution is 0.356. The summed E-state index contributed by atoms with van der Waals surface area (Å²) in [6.45, 7) is 7.11. The lowest BCUT2D eigenvalue weighted by atomic mass is 9.46. The number of fused-ring (bicyclic) bond motifs is 1. The van der Waals surface area contributed by atoms with Gasteiger partial charge in [-0.1, -0.05) is 62.1 Å². The van der Waals surface area contributed by atoms with Crippen molar-refractivity contribution in [1.82, 2.24) is 0 Å². The minimum atomic E-state index is 0.549. The lowest BCUT2D eigenvalue weighted by Gasteiger charge is -2.39. The Morgan fingerprint density at radius 1 is 1.40 bits per heavy atom. The molecular weight excluding hydrogens is 179 g/mol. The molecule has 2 aliphatic carbocycles. The van der Waals surface area contributed by atoms with Gasteiger partial charge in [0, 0.05) is 0 Å². The average Bonchev–Trinajstić information content (AvgIpc) is 2.40. The van der Waals surface area contributed by atoms with Crippen molar-refractivity contribution < 1.29 is 0 Å². The highest BCUT2D eigenvalue weighted by molar-refractivity contribution is 6.38. The minimum Gasteiger partial charge on any atom is -0.0888 e. The first kappa shape index (κ1) is 11.0. The maximum atomic E-state index is 2.54. The number of hydrogen-bond acceptors (Lipinski definition) is 0. The van der Waals surface area contributed by atoms with Crippen molar-refractivity contribution in [3.05, 3.63) is 23.8 Å². The largest absolute Gasteiger partial charge is 0.125 e. The van der Waals surface area contributed by atoms with Gasteiger partial charge < -0.3 is 0 Å². The Morgan fingerprint density at radius 3 is 2.93 bits per heavy atom. The van der Waals surface area contributed by atoms with Gasteiger partial charge in [0.1, 0.15) is 7.28 Å². The van der Waals surface area contributed by atoms with Gasteiger partial charge in [-0.25, -0.2) is 0 Å². The van der Waals surface area contributed by atoms with Crippen LogP contribution in [0.4, 0.5) is 0 Å². The van der Waals surface area contributed by atoms with Crippen LogP contribution in [0.3, 0.4) is 0 Å². The highest BCUT2D eigenvalue weighted by Crippen LogP contribution is 2.50. The van der Waals surface area contributed by atoms with E-state index in [1.807, 2.05) is 0 Å². The highest BCUT2D eigenvalue weighted by Gasteiger charge is 2.38. The Morgan fingerprint density at radius 2 is 2.20 bits per heavy atom. The molecule has 0 bridgehead atoms. The molecule has 3 atom stereocenters. The topological polar surface area (TPSA) is 0 Å². The third-order valence-electron chi connectivity index (χ3n) is 4.66. The van der Waals surface area contributed by atoms with Gasteiger partial charge in [0.15, 0.2) is 0 Å². The third-order valence-corrected chi connectivity index (χ3v) is 4.66. The average molecular weight is 202 g/mol. The van der Waals surface area contributed by atoms with Crippen molar-refractivity contribution in [2.75, 3.05) is 0 Å². The molecular formula is C14H23B. The summed E-state index contributed by atoms with van der Waals surface area (Å²) in [6.07, 6.45) is 13.0. The molecule has 2 aliphatic rings. The molecule has 1 fully saturated rings. The van der Waals surface area contributed by atoms with E-state index in [0.29, 0.717) is 5.31 Å². The first-order valence-corrected chi connectivity index (χ1v) is 6.52. The summed E-state index contributed by atoms with van der Waals surface area (Å²) in [6, 6.07) is 0. The molecule has 2 rings (SSSR count). The van der Waals surface area contributed by atoms with Crippen molar-refractivity contribution in [3.8, 4) is 0 Å². The second kappa shape index (κ2) is 4.19. The fourth-order valence-electron chi connectivity index (χ4n) is 3.34. The molecule has 82 valence electrons. The van der Waals surface area contributed by atoms with E-state index >= 15 is 0 Å². The van der Waals surface area contributed by atoms with Crippen LogP contribution in [0.1, 0.15) is 39.5 Å². The van der Waals surface area contributed by atoms with Crippen molar-refractivity contribution in [1.29, 1.82) is 0 Å². The van der Waals surface area contributed by atoms with Crippen LogP contribution in [0, 0.1) is 11.8 Å². The normalized spacial score (nSPS) is 40.3. The van der Waals surface area contributed by atoms with E-state index in [1.54, 1.807) is 0 Å². The molecule has 0 nitrogen and oxygen atoms in total. The Labute approximate surface area is 95.1 Å². The van der Waals surface area contributed by atoms with Crippen LogP contribution in [0.15, 0.2) is 23.8 Å². The zero-order chi connectivity index (χ0) is 10.9. The van der Waals surface area contributed by atoms with E-state index in [-0.39, 0.29) is 0 Å². The number of hydrogen-bond donors (Lipinski definition) is 0. The fourth-order valence-corrected chi connectivity index (χ4v) is 3.34. The molecule has 0 N–H and O–H groups in total. The van der Waals surface area contributed by atoms with Crippen molar-refractivity contribution in [3.63, 3.8) is 0 Å². The molecule has 0 aliphatic heterocycles.